The highest BCUT2D eigenvalue weighted by molar-refractivity contribution is 7.80. The van der Waals surface area contributed by atoms with Crippen LogP contribution < -0.4 is 38.1 Å². The highest BCUT2D eigenvalue weighted by Crippen LogP contribution is 2.38. The van der Waals surface area contributed by atoms with Crippen LogP contribution in [0.25, 0.3) is 0 Å². The van der Waals surface area contributed by atoms with Crippen molar-refractivity contribution < 1.29 is 67.0 Å². The van der Waals surface area contributed by atoms with Crippen LogP contribution in [-0.4, -0.2) is 157 Å². The van der Waals surface area contributed by atoms with Gasteiger partial charge in [0.2, 0.25) is 41.4 Å². The van der Waals surface area contributed by atoms with Crippen LogP contribution >= 0.6 is 20.5 Å². The first-order valence-electron chi connectivity index (χ1n) is 22.2. The maximum Gasteiger partial charge on any atom is 0.469 e. The van der Waals surface area contributed by atoms with Gasteiger partial charge >= 0.3 is 7.82 Å². The Bertz CT molecular complexity index is 2030. The molecule has 0 spiro atoms. The number of amides is 7. The summed E-state index contributed by atoms with van der Waals surface area (Å²) in [5.74, 6) is -5.61. The molecule has 69 heavy (non-hydrogen) atoms. The molecule has 6 atom stereocenters. The number of imidazole rings is 1. The van der Waals surface area contributed by atoms with E-state index < -0.39 is 104 Å². The molecule has 0 saturated heterocycles. The van der Waals surface area contributed by atoms with Gasteiger partial charge < -0.3 is 72.3 Å². The second-order valence-corrected chi connectivity index (χ2v) is 19.5. The van der Waals surface area contributed by atoms with Crippen molar-refractivity contribution in [3.05, 3.63) is 54.1 Å². The van der Waals surface area contributed by atoms with Crippen LogP contribution in [0.15, 0.2) is 42.9 Å². The fourth-order valence-electron chi connectivity index (χ4n) is 6.45. The molecule has 0 saturated carbocycles. The van der Waals surface area contributed by atoms with Gasteiger partial charge in [0.05, 0.1) is 62.5 Å². The van der Waals surface area contributed by atoms with Crippen molar-refractivity contribution >= 4 is 61.8 Å². The summed E-state index contributed by atoms with van der Waals surface area (Å²) in [6, 6.07) is 1.98. The maximum absolute atomic E-state index is 14.0. The number of phosphoric ester groups is 1. The number of hydrogen-bond donors (Lipinski definition) is 12. The van der Waals surface area contributed by atoms with E-state index in [4.69, 9.17) is 30.7 Å². The van der Waals surface area contributed by atoms with Crippen molar-refractivity contribution in [2.24, 2.45) is 17.4 Å². The number of carbonyl (C=O) groups excluding carboxylic acids is 7. The number of nitrogens with zero attached hydrogens (tertiary/aromatic N) is 2. The molecule has 13 N–H and O–H groups in total. The molecule has 2 rings (SSSR count). The van der Waals surface area contributed by atoms with Gasteiger partial charge in [0.25, 0.3) is 0 Å². The molecule has 0 unspecified atom stereocenters. The van der Waals surface area contributed by atoms with Crippen LogP contribution in [0.1, 0.15) is 79.0 Å². The molecule has 0 aliphatic rings. The van der Waals surface area contributed by atoms with E-state index in [1.807, 2.05) is 27.7 Å². The molecule has 26 heteroatoms. The monoisotopic (exact) mass is 1010 g/mol. The van der Waals surface area contributed by atoms with E-state index >= 15 is 0 Å². The lowest BCUT2D eigenvalue weighted by Gasteiger charge is -2.30. The summed E-state index contributed by atoms with van der Waals surface area (Å²) in [4.78, 5) is 119. The topological polar surface area (TPSA) is 369 Å². The molecule has 1 heterocycles. The van der Waals surface area contributed by atoms with Gasteiger partial charge in [-0.3, -0.25) is 38.1 Å². The van der Waals surface area contributed by atoms with E-state index in [-0.39, 0.29) is 63.1 Å². The summed E-state index contributed by atoms with van der Waals surface area (Å²) >= 11 is 4.05. The molecule has 0 aliphatic carbocycles. The van der Waals surface area contributed by atoms with Crippen LogP contribution in [0.5, 0.6) is 0 Å². The third kappa shape index (κ3) is 23.5. The minimum absolute atomic E-state index is 0.00659. The second kappa shape index (κ2) is 28.6. The van der Waals surface area contributed by atoms with Crippen LogP contribution in [0.3, 0.4) is 0 Å². The molecular weight excluding hydrogens is 944 g/mol. The summed E-state index contributed by atoms with van der Waals surface area (Å²) in [6.45, 7) is 11.1. The number of aromatic amines is 1. The minimum atomic E-state index is -5.13. The Morgan fingerprint density at radius 2 is 1.48 bits per heavy atom. The first-order valence-corrected chi connectivity index (χ1v) is 24.4. The number of nitrogens with one attached hydrogen (secondary N) is 6. The molecule has 2 aromatic rings. The van der Waals surface area contributed by atoms with Gasteiger partial charge in [0, 0.05) is 37.2 Å². The van der Waals surface area contributed by atoms with Gasteiger partial charge in [-0.15, -0.1) is 0 Å². The zero-order valence-corrected chi connectivity index (χ0v) is 41.9. The predicted octanol–water partition coefficient (Wildman–Crippen LogP) is -1.31. The minimum Gasteiger partial charge on any atom is -0.394 e. The van der Waals surface area contributed by atoms with Gasteiger partial charge in [-0.2, -0.15) is 12.6 Å². The summed E-state index contributed by atoms with van der Waals surface area (Å²) < 4.78 is 27.9. The number of carbonyl (C=O) groups is 7. The average Bonchev–Trinajstić information content (AvgIpc) is 3.77. The first kappa shape index (κ1) is 60.1. The number of nitrogens with two attached hydrogens (primary N) is 2. The molecule has 7 amide bonds. The number of thiol groups is 1. The Labute approximate surface area is 407 Å². The normalized spacial score (nSPS) is 14.6. The molecule has 1 aromatic carbocycles. The van der Waals surface area contributed by atoms with Gasteiger partial charge in [-0.05, 0) is 58.9 Å². The Kier molecular flexibility index (Phi) is 25.0. The van der Waals surface area contributed by atoms with Gasteiger partial charge in [0.15, 0.2) is 0 Å². The average molecular weight is 1020 g/mol. The highest BCUT2D eigenvalue weighted by Gasteiger charge is 2.35. The predicted molar refractivity (Wildman–Crippen MR) is 254 cm³/mol. The smallest absolute Gasteiger partial charge is 0.394 e. The SMILES string of the molecule is CC(C)C[C@H](NC(=O)CN(Cc1ccccc1)C(=O)CCOC(C)(C)CCOC(C)(C)CNC(=O)[C@@H](N)CS)C(=O)N[C@@H](Cc1cnc[nH]1)C(=O)N[C@@H](CO)C(=O)N[C@H](C(N)=O)[C@@H](C)OP(=O)(O)O. The zero-order chi connectivity index (χ0) is 52.1. The Hall–Kier alpha value is -4.98. The van der Waals surface area contributed by atoms with Gasteiger partial charge in [-0.1, -0.05) is 44.2 Å². The molecule has 24 nitrogen and oxygen atoms in total. The maximum atomic E-state index is 14.0. The molecule has 0 radical (unpaired) electrons. The molecule has 0 fully saturated rings. The lowest BCUT2D eigenvalue weighted by Crippen LogP contribution is -2.60. The van der Waals surface area contributed by atoms with Crippen molar-refractivity contribution in [3.8, 4) is 0 Å². The van der Waals surface area contributed by atoms with E-state index in [1.165, 1.54) is 17.4 Å². The van der Waals surface area contributed by atoms with Crippen LogP contribution in [0, 0.1) is 5.92 Å². The largest absolute Gasteiger partial charge is 0.469 e. The molecule has 0 bridgehead atoms. The number of ether oxygens (including phenoxy) is 2. The zero-order valence-electron chi connectivity index (χ0n) is 40.1. The Morgan fingerprint density at radius 1 is 0.870 bits per heavy atom. The number of phosphoric acid groups is 1. The standard InChI is InChI=1S/C43H71N10O14PS/c1-26(2)17-31(39(59)50-32(18-29-19-46-25-48-29)40(60)51-33(22-54)41(61)52-36(37(45)57)27(3)67-68(62,63)64)49-34(55)21-53(20-28-11-9-8-10-12-28)35(56)13-15-65-42(4,5)14-16-66-43(6,7)24-47-38(58)30(44)23-69/h8-12,19,25-27,30-33,36,54,69H,13-18,20-24,44H2,1-7H3,(H2,45,57)(H,46,48)(H,47,58)(H,49,55)(H,50,59)(H,51,60)(H,52,61)(H2,62,63,64)/t27-,30+,31+,32+,33+,36+/m1/s1. The van der Waals surface area contributed by atoms with Crippen molar-refractivity contribution in [1.82, 2.24) is 41.5 Å². The Morgan fingerprint density at radius 3 is 2.04 bits per heavy atom. The second-order valence-electron chi connectivity index (χ2n) is 18.0. The van der Waals surface area contributed by atoms with Crippen molar-refractivity contribution in [2.75, 3.05) is 38.7 Å². The van der Waals surface area contributed by atoms with Gasteiger partial charge in [-0.25, -0.2) is 9.55 Å². The van der Waals surface area contributed by atoms with E-state index in [0.29, 0.717) is 12.1 Å². The van der Waals surface area contributed by atoms with Crippen molar-refractivity contribution in [3.63, 3.8) is 0 Å². The third-order valence-corrected chi connectivity index (χ3v) is 11.3. The van der Waals surface area contributed by atoms with E-state index in [0.717, 1.165) is 12.5 Å². The van der Waals surface area contributed by atoms with E-state index in [9.17, 15) is 43.2 Å². The summed E-state index contributed by atoms with van der Waals surface area (Å²) in [6.07, 6.45) is 1.30. The van der Waals surface area contributed by atoms with Crippen molar-refractivity contribution in [2.45, 2.75) is 128 Å². The van der Waals surface area contributed by atoms with Crippen LogP contribution in [0.4, 0.5) is 0 Å². The van der Waals surface area contributed by atoms with Crippen LogP contribution in [-0.2, 0) is 65.1 Å². The first-order chi connectivity index (χ1) is 32.1. The number of H-pyrrole nitrogens is 1. The molecule has 1 aromatic heterocycles. The quantitative estimate of drug-likeness (QED) is 0.0299. The van der Waals surface area contributed by atoms with E-state index in [2.05, 4.69) is 53.7 Å². The lowest BCUT2D eigenvalue weighted by molar-refractivity contribution is -0.140. The Balaban J connectivity index is 2.19. The lowest BCUT2D eigenvalue weighted by atomic mass is 10.0. The fourth-order valence-corrected chi connectivity index (χ4v) is 7.17. The number of aromatic nitrogens is 2. The summed E-state index contributed by atoms with van der Waals surface area (Å²) in [5, 5.41) is 22.5. The molecular formula is C43H71N10O14PS. The summed E-state index contributed by atoms with van der Waals surface area (Å²) in [5.41, 5.74) is 10.7. The third-order valence-electron chi connectivity index (χ3n) is 10.3. The summed E-state index contributed by atoms with van der Waals surface area (Å²) in [7, 11) is -5.13. The number of aliphatic hydroxyl groups is 1. The van der Waals surface area contributed by atoms with Crippen LogP contribution in [0.2, 0.25) is 0 Å². The number of hydrogen-bond acceptors (Lipinski definition) is 15. The number of aliphatic hydroxyl groups excluding tert-OH is 1. The van der Waals surface area contributed by atoms with Gasteiger partial charge in [0.1, 0.15) is 24.2 Å². The fraction of sp³-hybridized carbons (Fsp3) is 0.628. The highest BCUT2D eigenvalue weighted by atomic mass is 32.1. The number of benzene rings is 1. The van der Waals surface area contributed by atoms with Crippen molar-refractivity contribution in [1.29, 1.82) is 0 Å². The molecule has 388 valence electrons. The van der Waals surface area contributed by atoms with E-state index in [1.54, 1.807) is 44.2 Å². The molecule has 0 aliphatic heterocycles. The number of rotatable bonds is 32. The number of primary amides is 1.